The van der Waals surface area contributed by atoms with Crippen LogP contribution in [0, 0.1) is 12.8 Å². The molecule has 13 heavy (non-hydrogen) atoms. The van der Waals surface area contributed by atoms with Crippen molar-refractivity contribution < 1.29 is 0 Å². The Balaban J connectivity index is 2.14. The first-order chi connectivity index (χ1) is 6.18. The maximum Gasteiger partial charge on any atom is 0.0707 e. The molecule has 0 nitrogen and oxygen atoms in total. The van der Waals surface area contributed by atoms with Crippen LogP contribution in [0.3, 0.4) is 0 Å². The van der Waals surface area contributed by atoms with Crippen LogP contribution in [0.1, 0.15) is 34.4 Å². The van der Waals surface area contributed by atoms with Crippen LogP contribution in [0.15, 0.2) is 10.5 Å². The second kappa shape index (κ2) is 3.92. The quantitative estimate of drug-likeness (QED) is 0.676. The lowest BCUT2D eigenvalue weighted by molar-refractivity contribution is 0.307. The Labute approximate surface area is 96.4 Å². The van der Waals surface area contributed by atoms with Gasteiger partial charge in [0.25, 0.3) is 0 Å². The zero-order valence-corrected chi connectivity index (χ0v) is 10.7. The van der Waals surface area contributed by atoms with Crippen molar-refractivity contribution in [1.29, 1.82) is 0 Å². The molecule has 0 aliphatic heterocycles. The Morgan fingerprint density at radius 3 is 2.69 bits per heavy atom. The summed E-state index contributed by atoms with van der Waals surface area (Å²) >= 11 is 11.7. The maximum atomic E-state index is 6.38. The lowest BCUT2D eigenvalue weighted by Gasteiger charge is -2.29. The number of alkyl halides is 1. The molecular formula is C10H12BrClS. The van der Waals surface area contributed by atoms with Gasteiger partial charge in [0.2, 0.25) is 0 Å². The number of hydrogen-bond donors (Lipinski definition) is 0. The van der Waals surface area contributed by atoms with Crippen molar-refractivity contribution >= 4 is 38.9 Å². The molecule has 1 aromatic heterocycles. The van der Waals surface area contributed by atoms with Gasteiger partial charge in [-0.15, -0.1) is 22.9 Å². The largest absolute Gasteiger partial charge is 0.143 e. The molecule has 0 saturated heterocycles. The molecule has 0 bridgehead atoms. The predicted molar refractivity (Wildman–Crippen MR) is 62.7 cm³/mol. The predicted octanol–water partition coefficient (Wildman–Crippen LogP) is 4.90. The standard InChI is InChI=1S/C10H12BrClS/c1-6-8(11)5-9(13-6)10(12)7-3-2-4-7/h5,7,10H,2-4H2,1H3. The van der Waals surface area contributed by atoms with Gasteiger partial charge in [0.1, 0.15) is 0 Å². The Bertz CT molecular complexity index is 284. The highest BCUT2D eigenvalue weighted by molar-refractivity contribution is 9.10. The van der Waals surface area contributed by atoms with Crippen molar-refractivity contribution in [3.8, 4) is 0 Å². The molecule has 1 unspecified atom stereocenters. The van der Waals surface area contributed by atoms with Crippen molar-refractivity contribution in [2.75, 3.05) is 0 Å². The van der Waals surface area contributed by atoms with E-state index in [1.165, 1.54) is 33.5 Å². The average molecular weight is 280 g/mol. The molecule has 3 heteroatoms. The fourth-order valence-electron chi connectivity index (χ4n) is 1.58. The fraction of sp³-hybridized carbons (Fsp3) is 0.600. The van der Waals surface area contributed by atoms with E-state index in [9.17, 15) is 0 Å². The molecule has 1 atom stereocenters. The minimum atomic E-state index is 0.253. The molecule has 0 aromatic carbocycles. The van der Waals surface area contributed by atoms with Gasteiger partial charge in [-0.3, -0.25) is 0 Å². The summed E-state index contributed by atoms with van der Waals surface area (Å²) in [5.74, 6) is 0.728. The van der Waals surface area contributed by atoms with E-state index in [0.717, 1.165) is 5.92 Å². The molecule has 1 heterocycles. The monoisotopic (exact) mass is 278 g/mol. The van der Waals surface area contributed by atoms with Crippen molar-refractivity contribution in [1.82, 2.24) is 0 Å². The first-order valence-electron chi connectivity index (χ1n) is 4.58. The molecule has 72 valence electrons. The van der Waals surface area contributed by atoms with Crippen LogP contribution in [-0.2, 0) is 0 Å². The minimum Gasteiger partial charge on any atom is -0.143 e. The van der Waals surface area contributed by atoms with E-state index in [0.29, 0.717) is 0 Å². The number of thiophene rings is 1. The second-order valence-corrected chi connectivity index (χ2v) is 6.26. The Hall–Kier alpha value is 0.470. The highest BCUT2D eigenvalue weighted by atomic mass is 79.9. The molecule has 1 aromatic rings. The summed E-state index contributed by atoms with van der Waals surface area (Å²) in [7, 11) is 0. The van der Waals surface area contributed by atoms with Gasteiger partial charge in [-0.25, -0.2) is 0 Å². The molecule has 0 radical (unpaired) electrons. The van der Waals surface area contributed by atoms with Gasteiger partial charge >= 0.3 is 0 Å². The maximum absolute atomic E-state index is 6.38. The molecule has 2 rings (SSSR count). The van der Waals surface area contributed by atoms with Gasteiger partial charge in [-0.2, -0.15) is 0 Å². The summed E-state index contributed by atoms with van der Waals surface area (Å²) in [5, 5.41) is 0.253. The van der Waals surface area contributed by atoms with E-state index in [1.807, 2.05) is 11.3 Å². The first kappa shape index (κ1) is 10.0. The van der Waals surface area contributed by atoms with Gasteiger partial charge in [0, 0.05) is 14.2 Å². The molecule has 1 saturated carbocycles. The van der Waals surface area contributed by atoms with Crippen LogP contribution < -0.4 is 0 Å². The first-order valence-corrected chi connectivity index (χ1v) is 6.63. The third-order valence-electron chi connectivity index (χ3n) is 2.71. The van der Waals surface area contributed by atoms with Crippen LogP contribution in [0.5, 0.6) is 0 Å². The van der Waals surface area contributed by atoms with Crippen LogP contribution in [0.25, 0.3) is 0 Å². The third kappa shape index (κ3) is 1.95. The van der Waals surface area contributed by atoms with Crippen molar-refractivity contribution in [3.63, 3.8) is 0 Å². The number of hydrogen-bond acceptors (Lipinski definition) is 1. The van der Waals surface area contributed by atoms with Crippen LogP contribution in [0.4, 0.5) is 0 Å². The van der Waals surface area contributed by atoms with Gasteiger partial charge in [0.15, 0.2) is 0 Å². The van der Waals surface area contributed by atoms with Crippen molar-refractivity contribution in [3.05, 3.63) is 20.3 Å². The Morgan fingerprint density at radius 1 is 1.62 bits per heavy atom. The summed E-state index contributed by atoms with van der Waals surface area (Å²) in [5.41, 5.74) is 0. The van der Waals surface area contributed by atoms with Crippen molar-refractivity contribution in [2.24, 2.45) is 5.92 Å². The number of halogens is 2. The highest BCUT2D eigenvalue weighted by Crippen LogP contribution is 2.45. The van der Waals surface area contributed by atoms with Crippen LogP contribution >= 0.6 is 38.9 Å². The van der Waals surface area contributed by atoms with E-state index in [1.54, 1.807) is 0 Å². The third-order valence-corrected chi connectivity index (χ3v) is 5.65. The van der Waals surface area contributed by atoms with Crippen molar-refractivity contribution in [2.45, 2.75) is 31.6 Å². The zero-order valence-electron chi connectivity index (χ0n) is 7.52. The zero-order chi connectivity index (χ0) is 9.42. The highest BCUT2D eigenvalue weighted by Gasteiger charge is 2.28. The van der Waals surface area contributed by atoms with Crippen LogP contribution in [-0.4, -0.2) is 0 Å². The normalized spacial score (nSPS) is 19.9. The van der Waals surface area contributed by atoms with Gasteiger partial charge in [-0.1, -0.05) is 6.42 Å². The topological polar surface area (TPSA) is 0 Å². The molecular weight excluding hydrogens is 268 g/mol. The molecule has 1 aliphatic carbocycles. The summed E-state index contributed by atoms with van der Waals surface area (Å²) in [6.45, 7) is 2.13. The molecule has 0 N–H and O–H groups in total. The number of rotatable bonds is 2. The Kier molecular flexibility index (Phi) is 3.01. The van der Waals surface area contributed by atoms with E-state index < -0.39 is 0 Å². The lowest BCUT2D eigenvalue weighted by Crippen LogP contribution is -2.15. The van der Waals surface area contributed by atoms with Crippen LogP contribution in [0.2, 0.25) is 0 Å². The molecule has 0 spiro atoms. The summed E-state index contributed by atoms with van der Waals surface area (Å²) in [6.07, 6.45) is 3.98. The molecule has 0 amide bonds. The minimum absolute atomic E-state index is 0.253. The van der Waals surface area contributed by atoms with E-state index in [4.69, 9.17) is 11.6 Å². The average Bonchev–Trinajstić information content (AvgIpc) is 2.28. The smallest absolute Gasteiger partial charge is 0.0707 e. The second-order valence-electron chi connectivity index (χ2n) is 3.65. The summed E-state index contributed by atoms with van der Waals surface area (Å²) in [6, 6.07) is 2.18. The van der Waals surface area contributed by atoms with E-state index >= 15 is 0 Å². The van der Waals surface area contributed by atoms with E-state index in [2.05, 4.69) is 28.9 Å². The lowest BCUT2D eigenvalue weighted by atomic mass is 9.82. The molecule has 1 fully saturated rings. The Morgan fingerprint density at radius 2 is 2.31 bits per heavy atom. The number of aryl methyl sites for hydroxylation is 1. The van der Waals surface area contributed by atoms with Gasteiger partial charge in [-0.05, 0) is 47.7 Å². The van der Waals surface area contributed by atoms with Gasteiger partial charge < -0.3 is 0 Å². The summed E-state index contributed by atoms with van der Waals surface area (Å²) < 4.78 is 1.21. The molecule has 1 aliphatic rings. The fourth-order valence-corrected chi connectivity index (χ4v) is 3.66. The SMILES string of the molecule is Cc1sc(C(Cl)C2CCC2)cc1Br. The van der Waals surface area contributed by atoms with E-state index in [-0.39, 0.29) is 5.38 Å². The van der Waals surface area contributed by atoms with Gasteiger partial charge in [0.05, 0.1) is 5.38 Å². The summed E-state index contributed by atoms with van der Waals surface area (Å²) in [4.78, 5) is 2.66.